The molecule has 0 bridgehead atoms. The van der Waals surface area contributed by atoms with Crippen LogP contribution in [-0.4, -0.2) is 19.2 Å². The van der Waals surface area contributed by atoms with Gasteiger partial charge in [-0.05, 0) is 19.1 Å². The van der Waals surface area contributed by atoms with Crippen molar-refractivity contribution in [2.75, 3.05) is 12.3 Å². The van der Waals surface area contributed by atoms with E-state index < -0.39 is 18.3 Å². The van der Waals surface area contributed by atoms with Crippen LogP contribution in [0.3, 0.4) is 0 Å². The molecule has 2 N–H and O–H groups in total. The molecule has 0 aliphatic carbocycles. The fourth-order valence-corrected chi connectivity index (χ4v) is 1.46. The van der Waals surface area contributed by atoms with Gasteiger partial charge in [-0.1, -0.05) is 11.6 Å². The van der Waals surface area contributed by atoms with Crippen molar-refractivity contribution >= 4 is 23.3 Å². The highest BCUT2D eigenvalue weighted by molar-refractivity contribution is 6.33. The van der Waals surface area contributed by atoms with Gasteiger partial charge in [0, 0.05) is 5.69 Å². The molecule has 1 aromatic carbocycles. The van der Waals surface area contributed by atoms with Crippen molar-refractivity contribution in [3.05, 3.63) is 22.7 Å². The van der Waals surface area contributed by atoms with Crippen molar-refractivity contribution in [2.24, 2.45) is 0 Å². The van der Waals surface area contributed by atoms with Gasteiger partial charge in [-0.2, -0.15) is 8.78 Å². The van der Waals surface area contributed by atoms with Crippen LogP contribution in [0.15, 0.2) is 12.1 Å². The van der Waals surface area contributed by atoms with E-state index in [1.165, 1.54) is 12.1 Å². The molecule has 1 rings (SSSR count). The highest BCUT2D eigenvalue weighted by Crippen LogP contribution is 2.33. The zero-order valence-corrected chi connectivity index (χ0v) is 9.63. The zero-order valence-electron chi connectivity index (χ0n) is 8.88. The van der Waals surface area contributed by atoms with Gasteiger partial charge in [-0.25, -0.2) is 4.79 Å². The zero-order chi connectivity index (χ0) is 13.0. The highest BCUT2D eigenvalue weighted by atomic mass is 35.5. The first-order chi connectivity index (χ1) is 7.95. The lowest BCUT2D eigenvalue weighted by atomic mass is 10.2. The fraction of sp³-hybridized carbons (Fsp3) is 0.300. The number of hydrogen-bond donors (Lipinski definition) is 1. The van der Waals surface area contributed by atoms with E-state index in [1.807, 2.05) is 0 Å². The van der Waals surface area contributed by atoms with Crippen molar-refractivity contribution < 1.29 is 23.0 Å². The van der Waals surface area contributed by atoms with Gasteiger partial charge < -0.3 is 15.2 Å². The van der Waals surface area contributed by atoms with E-state index in [9.17, 15) is 13.6 Å². The molecule has 0 heterocycles. The molecule has 17 heavy (non-hydrogen) atoms. The molecule has 0 spiro atoms. The van der Waals surface area contributed by atoms with Crippen LogP contribution in [-0.2, 0) is 4.74 Å². The molecule has 0 fully saturated rings. The number of ether oxygens (including phenoxy) is 2. The summed E-state index contributed by atoms with van der Waals surface area (Å²) in [6, 6.07) is 2.38. The molecule has 0 saturated heterocycles. The Kier molecular flexibility index (Phi) is 4.51. The second-order valence-corrected chi connectivity index (χ2v) is 3.39. The molecule has 94 valence electrons. The molecular weight excluding hydrogens is 256 g/mol. The molecule has 0 unspecified atom stereocenters. The summed E-state index contributed by atoms with van der Waals surface area (Å²) in [5, 5.41) is -0.173. The molecule has 0 amide bonds. The van der Waals surface area contributed by atoms with Gasteiger partial charge in [-0.3, -0.25) is 0 Å². The van der Waals surface area contributed by atoms with E-state index in [4.69, 9.17) is 17.3 Å². The van der Waals surface area contributed by atoms with Gasteiger partial charge in [0.2, 0.25) is 0 Å². The molecule has 7 heteroatoms. The van der Waals surface area contributed by atoms with Crippen LogP contribution in [0.5, 0.6) is 5.75 Å². The molecule has 0 saturated carbocycles. The number of nitrogen functional groups attached to an aromatic ring is 1. The third-order valence-electron chi connectivity index (χ3n) is 1.77. The predicted octanol–water partition coefficient (Wildman–Crippen LogP) is 2.70. The van der Waals surface area contributed by atoms with Gasteiger partial charge in [0.25, 0.3) is 0 Å². The maximum Gasteiger partial charge on any atom is 0.387 e. The number of anilines is 1. The van der Waals surface area contributed by atoms with Gasteiger partial charge in [0.15, 0.2) is 5.75 Å². The van der Waals surface area contributed by atoms with Crippen molar-refractivity contribution in [3.8, 4) is 5.75 Å². The minimum atomic E-state index is -3.09. The fourth-order valence-electron chi connectivity index (χ4n) is 1.18. The van der Waals surface area contributed by atoms with Gasteiger partial charge in [0.05, 0.1) is 11.6 Å². The topological polar surface area (TPSA) is 61.5 Å². The van der Waals surface area contributed by atoms with Crippen molar-refractivity contribution in [1.82, 2.24) is 0 Å². The van der Waals surface area contributed by atoms with Crippen LogP contribution >= 0.6 is 11.6 Å². The highest BCUT2D eigenvalue weighted by Gasteiger charge is 2.20. The number of halogens is 3. The predicted molar refractivity (Wildman–Crippen MR) is 58.5 cm³/mol. The summed E-state index contributed by atoms with van der Waals surface area (Å²) < 4.78 is 33.2. The Morgan fingerprint density at radius 1 is 1.53 bits per heavy atom. The summed E-state index contributed by atoms with van der Waals surface area (Å²) in [6.45, 7) is -1.41. The van der Waals surface area contributed by atoms with E-state index in [0.29, 0.717) is 0 Å². The number of carbonyl (C=O) groups is 1. The lowest BCUT2D eigenvalue weighted by Gasteiger charge is -2.12. The second-order valence-electron chi connectivity index (χ2n) is 2.98. The first kappa shape index (κ1) is 13.5. The summed E-state index contributed by atoms with van der Waals surface area (Å²) in [5.41, 5.74) is 5.39. The van der Waals surface area contributed by atoms with Crippen LogP contribution in [0.2, 0.25) is 5.02 Å². The minimum Gasteiger partial charge on any atom is -0.462 e. The van der Waals surface area contributed by atoms with Gasteiger partial charge in [0.1, 0.15) is 5.56 Å². The lowest BCUT2D eigenvalue weighted by Crippen LogP contribution is -2.11. The van der Waals surface area contributed by atoms with E-state index in [0.717, 1.165) is 0 Å². The molecule has 0 atom stereocenters. The average molecular weight is 266 g/mol. The third-order valence-corrected chi connectivity index (χ3v) is 2.05. The molecule has 0 aromatic heterocycles. The summed E-state index contributed by atoms with van der Waals surface area (Å²) in [6.07, 6.45) is 0. The number of rotatable bonds is 4. The van der Waals surface area contributed by atoms with E-state index >= 15 is 0 Å². The Labute approximate surface area is 101 Å². The average Bonchev–Trinajstić information content (AvgIpc) is 2.21. The van der Waals surface area contributed by atoms with Crippen molar-refractivity contribution in [2.45, 2.75) is 13.5 Å². The van der Waals surface area contributed by atoms with Gasteiger partial charge >= 0.3 is 12.6 Å². The number of hydrogen-bond acceptors (Lipinski definition) is 4. The Morgan fingerprint density at radius 2 is 2.18 bits per heavy atom. The summed E-state index contributed by atoms with van der Waals surface area (Å²) in [5.74, 6) is -1.26. The van der Waals surface area contributed by atoms with E-state index in [1.54, 1.807) is 6.92 Å². The maximum atomic E-state index is 12.2. The number of nitrogens with two attached hydrogens (primary N) is 1. The third kappa shape index (κ3) is 3.45. The number of carbonyl (C=O) groups excluding carboxylic acids is 1. The standard InChI is InChI=1S/C10H10ClF2NO3/c1-2-16-9(15)6-3-5(14)4-7(11)8(6)17-10(12)13/h3-4,10H,2,14H2,1H3. The minimum absolute atomic E-state index is 0.0966. The number of esters is 1. The molecule has 0 aliphatic heterocycles. The molecule has 1 aromatic rings. The molecule has 0 aliphatic rings. The van der Waals surface area contributed by atoms with Crippen LogP contribution in [0, 0.1) is 0 Å². The summed E-state index contributed by atoms with van der Waals surface area (Å²) in [7, 11) is 0. The van der Waals surface area contributed by atoms with Crippen molar-refractivity contribution in [3.63, 3.8) is 0 Å². The molecular formula is C10H10ClF2NO3. The van der Waals surface area contributed by atoms with Crippen LogP contribution in [0.25, 0.3) is 0 Å². The first-order valence-corrected chi connectivity index (χ1v) is 5.04. The number of benzene rings is 1. The SMILES string of the molecule is CCOC(=O)c1cc(N)cc(Cl)c1OC(F)F. The monoisotopic (exact) mass is 265 g/mol. The smallest absolute Gasteiger partial charge is 0.387 e. The molecule has 4 nitrogen and oxygen atoms in total. The summed E-state index contributed by atoms with van der Waals surface area (Å²) in [4.78, 5) is 11.5. The Balaban J connectivity index is 3.19. The maximum absolute atomic E-state index is 12.2. The van der Waals surface area contributed by atoms with Crippen LogP contribution < -0.4 is 10.5 Å². The van der Waals surface area contributed by atoms with E-state index in [2.05, 4.69) is 9.47 Å². The van der Waals surface area contributed by atoms with Gasteiger partial charge in [-0.15, -0.1) is 0 Å². The Bertz CT molecular complexity index is 426. The summed E-state index contributed by atoms with van der Waals surface area (Å²) >= 11 is 5.68. The number of alkyl halides is 2. The normalized spacial score (nSPS) is 10.4. The van der Waals surface area contributed by atoms with E-state index in [-0.39, 0.29) is 22.9 Å². The van der Waals surface area contributed by atoms with Crippen LogP contribution in [0.1, 0.15) is 17.3 Å². The largest absolute Gasteiger partial charge is 0.462 e. The quantitative estimate of drug-likeness (QED) is 0.672. The second kappa shape index (κ2) is 5.67. The van der Waals surface area contributed by atoms with Crippen LogP contribution in [0.4, 0.5) is 14.5 Å². The lowest BCUT2D eigenvalue weighted by molar-refractivity contribution is -0.0503. The van der Waals surface area contributed by atoms with Crippen molar-refractivity contribution in [1.29, 1.82) is 0 Å². The Hall–Kier alpha value is -1.56. The Morgan fingerprint density at radius 3 is 2.71 bits per heavy atom. The molecule has 0 radical (unpaired) electrons. The first-order valence-electron chi connectivity index (χ1n) is 4.66.